The molecule has 0 atom stereocenters. The third-order valence-electron chi connectivity index (χ3n) is 3.72. The molecular weight excluding hydrogens is 272 g/mol. The normalized spacial score (nSPS) is 14.3. The number of rotatable bonds is 6. The van der Waals surface area contributed by atoms with E-state index in [9.17, 15) is 9.59 Å². The van der Waals surface area contributed by atoms with Crippen LogP contribution in [0.4, 0.5) is 10.5 Å². The molecule has 1 aliphatic carbocycles. The highest BCUT2D eigenvalue weighted by Crippen LogP contribution is 2.25. The molecule has 0 saturated heterocycles. The average Bonchev–Trinajstić information content (AvgIpc) is 2.38. The van der Waals surface area contributed by atoms with Crippen LogP contribution in [-0.4, -0.2) is 46.3 Å². The smallest absolute Gasteiger partial charge is 0.322 e. The molecule has 2 rings (SSSR count). The van der Waals surface area contributed by atoms with Gasteiger partial charge in [-0.15, -0.1) is 0 Å². The molecule has 21 heavy (non-hydrogen) atoms. The van der Waals surface area contributed by atoms with Crippen LogP contribution < -0.4 is 5.32 Å². The molecule has 0 unspecified atom stereocenters. The molecule has 2 amide bonds. The maximum atomic E-state index is 12.3. The van der Waals surface area contributed by atoms with Crippen molar-refractivity contribution < 1.29 is 19.8 Å². The van der Waals surface area contributed by atoms with Crippen LogP contribution in [0.1, 0.15) is 24.8 Å². The van der Waals surface area contributed by atoms with Gasteiger partial charge in [-0.05, 0) is 30.9 Å². The van der Waals surface area contributed by atoms with Gasteiger partial charge in [-0.3, -0.25) is 4.79 Å². The van der Waals surface area contributed by atoms with Crippen molar-refractivity contribution in [1.82, 2.24) is 4.90 Å². The molecule has 0 heterocycles. The van der Waals surface area contributed by atoms with Crippen LogP contribution in [0.2, 0.25) is 0 Å². The zero-order chi connectivity index (χ0) is 15.2. The third-order valence-corrected chi connectivity index (χ3v) is 3.72. The first-order valence-corrected chi connectivity index (χ1v) is 7.10. The van der Waals surface area contributed by atoms with Crippen molar-refractivity contribution >= 4 is 17.7 Å². The number of para-hydroxylation sites is 1. The molecule has 1 aromatic rings. The third kappa shape index (κ3) is 3.95. The van der Waals surface area contributed by atoms with E-state index in [-0.39, 0.29) is 31.6 Å². The Balaban J connectivity index is 2.08. The van der Waals surface area contributed by atoms with Crippen LogP contribution in [0, 0.1) is 0 Å². The predicted molar refractivity (Wildman–Crippen MR) is 78.2 cm³/mol. The Hall–Kier alpha value is -2.08. The zero-order valence-corrected chi connectivity index (χ0v) is 11.8. The molecule has 0 aliphatic heterocycles. The highest BCUT2D eigenvalue weighted by atomic mass is 16.4. The summed E-state index contributed by atoms with van der Waals surface area (Å²) in [4.78, 5) is 24.8. The fraction of sp³-hybridized carbons (Fsp3) is 0.467. The van der Waals surface area contributed by atoms with E-state index in [1.54, 1.807) is 29.2 Å². The van der Waals surface area contributed by atoms with Crippen LogP contribution in [0.25, 0.3) is 0 Å². The summed E-state index contributed by atoms with van der Waals surface area (Å²) in [6.45, 7) is 0.207. The largest absolute Gasteiger partial charge is 0.481 e. The Morgan fingerprint density at radius 2 is 2.00 bits per heavy atom. The van der Waals surface area contributed by atoms with E-state index in [2.05, 4.69) is 5.32 Å². The number of aliphatic hydroxyl groups is 1. The maximum absolute atomic E-state index is 12.3. The Morgan fingerprint density at radius 3 is 2.57 bits per heavy atom. The standard InChI is InChI=1S/C15H20N2O4/c18-9-8-17(12-5-3-6-12)15(21)16-13-7-2-1-4-11(13)10-14(19)20/h1-2,4,7,12,18H,3,5-6,8-10H2,(H,16,21)(H,19,20). The van der Waals surface area contributed by atoms with E-state index < -0.39 is 5.97 Å². The van der Waals surface area contributed by atoms with Gasteiger partial charge in [-0.2, -0.15) is 0 Å². The van der Waals surface area contributed by atoms with E-state index in [4.69, 9.17) is 10.2 Å². The zero-order valence-electron chi connectivity index (χ0n) is 11.8. The van der Waals surface area contributed by atoms with Gasteiger partial charge in [0.25, 0.3) is 0 Å². The number of anilines is 1. The molecule has 6 nitrogen and oxygen atoms in total. The predicted octanol–water partition coefficient (Wildman–Crippen LogP) is 1.69. The van der Waals surface area contributed by atoms with Gasteiger partial charge < -0.3 is 20.4 Å². The number of carbonyl (C=O) groups is 2. The highest BCUT2D eigenvalue weighted by molar-refractivity contribution is 5.91. The van der Waals surface area contributed by atoms with E-state index in [1.165, 1.54) is 0 Å². The van der Waals surface area contributed by atoms with Crippen LogP contribution in [0.5, 0.6) is 0 Å². The summed E-state index contributed by atoms with van der Waals surface area (Å²) in [7, 11) is 0. The van der Waals surface area contributed by atoms with Crippen molar-refractivity contribution in [1.29, 1.82) is 0 Å². The second kappa shape index (κ2) is 7.08. The Bertz CT molecular complexity index is 514. The fourth-order valence-electron chi connectivity index (χ4n) is 2.40. The summed E-state index contributed by atoms with van der Waals surface area (Å²) < 4.78 is 0. The SMILES string of the molecule is O=C(O)Cc1ccccc1NC(=O)N(CCO)C1CCC1. The number of nitrogens with zero attached hydrogens (tertiary/aromatic N) is 1. The molecule has 1 aromatic carbocycles. The second-order valence-corrected chi connectivity index (χ2v) is 5.16. The fourth-order valence-corrected chi connectivity index (χ4v) is 2.40. The van der Waals surface area contributed by atoms with Gasteiger partial charge in [-0.1, -0.05) is 18.2 Å². The number of amides is 2. The van der Waals surface area contributed by atoms with Gasteiger partial charge >= 0.3 is 12.0 Å². The van der Waals surface area contributed by atoms with Crippen LogP contribution >= 0.6 is 0 Å². The number of carbonyl (C=O) groups excluding carboxylic acids is 1. The Labute approximate surface area is 123 Å². The average molecular weight is 292 g/mol. The molecule has 6 heteroatoms. The van der Waals surface area contributed by atoms with Gasteiger partial charge in [0, 0.05) is 18.3 Å². The van der Waals surface area contributed by atoms with E-state index >= 15 is 0 Å². The lowest BCUT2D eigenvalue weighted by Gasteiger charge is -2.37. The lowest BCUT2D eigenvalue weighted by atomic mass is 9.91. The molecule has 3 N–H and O–H groups in total. The van der Waals surface area contributed by atoms with Gasteiger partial charge in [0.05, 0.1) is 13.0 Å². The van der Waals surface area contributed by atoms with Crippen molar-refractivity contribution in [3.8, 4) is 0 Å². The number of nitrogens with one attached hydrogen (secondary N) is 1. The number of urea groups is 1. The van der Waals surface area contributed by atoms with Crippen LogP contribution in [0.3, 0.4) is 0 Å². The first-order valence-electron chi connectivity index (χ1n) is 7.10. The summed E-state index contributed by atoms with van der Waals surface area (Å²) in [6.07, 6.45) is 2.85. The minimum absolute atomic E-state index is 0.0826. The lowest BCUT2D eigenvalue weighted by Crippen LogP contribution is -2.47. The van der Waals surface area contributed by atoms with Gasteiger partial charge in [-0.25, -0.2) is 4.79 Å². The number of aliphatic carboxylic acids is 1. The number of hydrogen-bond acceptors (Lipinski definition) is 3. The topological polar surface area (TPSA) is 89.9 Å². The summed E-state index contributed by atoms with van der Waals surface area (Å²) >= 11 is 0. The van der Waals surface area contributed by atoms with Crippen molar-refractivity contribution in [2.45, 2.75) is 31.7 Å². The number of aliphatic hydroxyl groups excluding tert-OH is 1. The van der Waals surface area contributed by atoms with Gasteiger partial charge in [0.2, 0.25) is 0 Å². The molecule has 1 saturated carbocycles. The summed E-state index contributed by atoms with van der Waals surface area (Å²) in [5, 5.41) is 20.8. The lowest BCUT2D eigenvalue weighted by molar-refractivity contribution is -0.136. The molecule has 114 valence electrons. The van der Waals surface area contributed by atoms with Crippen molar-refractivity contribution in [2.75, 3.05) is 18.5 Å². The van der Waals surface area contributed by atoms with Gasteiger partial charge in [0.15, 0.2) is 0 Å². The second-order valence-electron chi connectivity index (χ2n) is 5.16. The summed E-state index contributed by atoms with van der Waals surface area (Å²) in [5.41, 5.74) is 1.07. The van der Waals surface area contributed by atoms with E-state index in [0.29, 0.717) is 11.3 Å². The molecule has 1 fully saturated rings. The number of carboxylic acid groups (broad SMARTS) is 1. The molecular formula is C15H20N2O4. The monoisotopic (exact) mass is 292 g/mol. The van der Waals surface area contributed by atoms with Crippen LogP contribution in [0.15, 0.2) is 24.3 Å². The molecule has 0 spiro atoms. The maximum Gasteiger partial charge on any atom is 0.322 e. The first-order chi connectivity index (χ1) is 10.1. The van der Waals surface area contributed by atoms with E-state index in [1.807, 2.05) is 0 Å². The van der Waals surface area contributed by atoms with Crippen molar-refractivity contribution in [2.24, 2.45) is 0 Å². The summed E-state index contributed by atoms with van der Waals surface area (Å²) in [5.74, 6) is -0.942. The molecule has 1 aliphatic rings. The van der Waals surface area contributed by atoms with Crippen molar-refractivity contribution in [3.05, 3.63) is 29.8 Å². The molecule has 0 bridgehead atoms. The van der Waals surface area contributed by atoms with Gasteiger partial charge in [0.1, 0.15) is 0 Å². The first kappa shape index (κ1) is 15.3. The summed E-state index contributed by atoms with van der Waals surface area (Å²) in [6, 6.07) is 6.75. The van der Waals surface area contributed by atoms with E-state index in [0.717, 1.165) is 19.3 Å². The highest BCUT2D eigenvalue weighted by Gasteiger charge is 2.28. The molecule has 0 radical (unpaired) electrons. The minimum atomic E-state index is -0.942. The minimum Gasteiger partial charge on any atom is -0.481 e. The number of benzene rings is 1. The Kier molecular flexibility index (Phi) is 5.16. The quantitative estimate of drug-likeness (QED) is 0.744. The van der Waals surface area contributed by atoms with Crippen molar-refractivity contribution in [3.63, 3.8) is 0 Å². The molecule has 0 aromatic heterocycles. The number of carboxylic acids is 1. The Morgan fingerprint density at radius 1 is 1.29 bits per heavy atom. The van der Waals surface area contributed by atoms with Crippen LogP contribution in [-0.2, 0) is 11.2 Å². The number of hydrogen-bond donors (Lipinski definition) is 3.